The van der Waals surface area contributed by atoms with E-state index in [1.807, 2.05) is 90.1 Å². The molecule has 4 aromatic rings. The summed E-state index contributed by atoms with van der Waals surface area (Å²) < 4.78 is 36.3. The minimum absolute atomic E-state index is 0.00864. The van der Waals surface area contributed by atoms with Crippen LogP contribution < -0.4 is 20.6 Å². The van der Waals surface area contributed by atoms with Gasteiger partial charge in [-0.15, -0.1) is 0 Å². The molecular formula is C36H45Cl2FN4O7. The van der Waals surface area contributed by atoms with Crippen molar-refractivity contribution in [2.45, 2.75) is 79.0 Å². The maximum absolute atomic E-state index is 12.3. The molecule has 0 bridgehead atoms. The van der Waals surface area contributed by atoms with Crippen molar-refractivity contribution in [1.29, 1.82) is 0 Å². The molecule has 4 rings (SSSR count). The summed E-state index contributed by atoms with van der Waals surface area (Å²) in [5.41, 5.74) is 2.13. The number of aliphatic hydroxyl groups is 1. The molecule has 0 fully saturated rings. The number of ether oxygens (including phenoxy) is 4. The summed E-state index contributed by atoms with van der Waals surface area (Å²) in [5.74, 6) is 0.519. The summed E-state index contributed by atoms with van der Waals surface area (Å²) in [7, 11) is 0. The zero-order valence-corrected chi connectivity index (χ0v) is 30.8. The van der Waals surface area contributed by atoms with Gasteiger partial charge in [0.25, 0.3) is 11.1 Å². The molecule has 0 saturated carbocycles. The Labute approximate surface area is 301 Å². The highest BCUT2D eigenvalue weighted by Gasteiger charge is 2.21. The fourth-order valence-corrected chi connectivity index (χ4v) is 4.64. The molecule has 0 amide bonds. The maximum atomic E-state index is 12.3. The molecule has 0 unspecified atom stereocenters. The Kier molecular flexibility index (Phi) is 15.4. The lowest BCUT2D eigenvalue weighted by Gasteiger charge is -2.21. The van der Waals surface area contributed by atoms with Gasteiger partial charge in [-0.2, -0.15) is 10.2 Å². The molecule has 50 heavy (non-hydrogen) atoms. The Morgan fingerprint density at radius 2 is 0.980 bits per heavy atom. The number of hydrogen-bond acceptors (Lipinski definition) is 9. The minimum Gasteiger partial charge on any atom is -0.485 e. The number of alkyl halides is 1. The highest BCUT2D eigenvalue weighted by molar-refractivity contribution is 6.32. The molecular weight excluding hydrogens is 690 g/mol. The van der Waals surface area contributed by atoms with Gasteiger partial charge in [-0.25, -0.2) is 13.8 Å². The largest absolute Gasteiger partial charge is 0.485 e. The highest BCUT2D eigenvalue weighted by Crippen LogP contribution is 2.23. The van der Waals surface area contributed by atoms with E-state index in [2.05, 4.69) is 10.2 Å². The van der Waals surface area contributed by atoms with Gasteiger partial charge in [0.15, 0.2) is 21.5 Å². The van der Waals surface area contributed by atoms with Crippen molar-refractivity contribution in [3.8, 4) is 11.5 Å². The number of nitrogens with zero attached hydrogens (tertiary/aromatic N) is 4. The SMILES string of the molecule is CC(C)(C)n1ncc(OCc2ccc(COCCF)cc2)c(Cl)c1=O.CC(C)(C)n1ncc(OCc2ccc(COCCO)cc2)c(Cl)c1=O. The Hall–Kier alpha value is -3.81. The van der Waals surface area contributed by atoms with Crippen molar-refractivity contribution >= 4 is 23.2 Å². The predicted molar refractivity (Wildman–Crippen MR) is 191 cm³/mol. The van der Waals surface area contributed by atoms with Crippen LogP contribution in [0.2, 0.25) is 10.0 Å². The van der Waals surface area contributed by atoms with Crippen LogP contribution in [-0.4, -0.2) is 51.2 Å². The van der Waals surface area contributed by atoms with Crippen LogP contribution in [0.15, 0.2) is 70.5 Å². The molecule has 0 aliphatic rings. The van der Waals surface area contributed by atoms with Crippen molar-refractivity contribution in [3.63, 3.8) is 0 Å². The van der Waals surface area contributed by atoms with Crippen LogP contribution >= 0.6 is 23.2 Å². The Morgan fingerprint density at radius 1 is 0.640 bits per heavy atom. The van der Waals surface area contributed by atoms with E-state index in [9.17, 15) is 14.0 Å². The quantitative estimate of drug-likeness (QED) is 0.145. The molecule has 14 heteroatoms. The van der Waals surface area contributed by atoms with E-state index in [-0.39, 0.29) is 59.1 Å². The van der Waals surface area contributed by atoms with Gasteiger partial charge in [-0.05, 0) is 63.8 Å². The van der Waals surface area contributed by atoms with Crippen molar-refractivity contribution in [3.05, 3.63) is 114 Å². The van der Waals surface area contributed by atoms with Gasteiger partial charge < -0.3 is 24.1 Å². The smallest absolute Gasteiger partial charge is 0.289 e. The summed E-state index contributed by atoms with van der Waals surface area (Å²) >= 11 is 12.3. The molecule has 272 valence electrons. The Morgan fingerprint density at radius 3 is 1.30 bits per heavy atom. The van der Waals surface area contributed by atoms with Crippen LogP contribution in [0.5, 0.6) is 11.5 Å². The molecule has 2 aromatic carbocycles. The van der Waals surface area contributed by atoms with Gasteiger partial charge in [0.2, 0.25) is 0 Å². The fourth-order valence-electron chi connectivity index (χ4n) is 4.28. The van der Waals surface area contributed by atoms with Gasteiger partial charge in [0, 0.05) is 0 Å². The van der Waals surface area contributed by atoms with E-state index in [0.717, 1.165) is 22.3 Å². The normalized spacial score (nSPS) is 11.6. The molecule has 0 aliphatic heterocycles. The van der Waals surface area contributed by atoms with E-state index in [0.29, 0.717) is 19.8 Å². The molecule has 11 nitrogen and oxygen atoms in total. The van der Waals surface area contributed by atoms with E-state index >= 15 is 0 Å². The second-order valence-electron chi connectivity index (χ2n) is 13.1. The number of aliphatic hydroxyl groups excluding tert-OH is 1. The van der Waals surface area contributed by atoms with Crippen LogP contribution in [0, 0.1) is 0 Å². The molecule has 0 spiro atoms. The maximum Gasteiger partial charge on any atom is 0.289 e. The molecule has 0 radical (unpaired) electrons. The van der Waals surface area contributed by atoms with Crippen molar-refractivity contribution < 1.29 is 28.4 Å². The molecule has 2 heterocycles. The zero-order valence-electron chi connectivity index (χ0n) is 29.2. The monoisotopic (exact) mass is 734 g/mol. The van der Waals surface area contributed by atoms with Gasteiger partial charge in [0.05, 0.1) is 56.5 Å². The third kappa shape index (κ3) is 12.2. The van der Waals surface area contributed by atoms with Crippen LogP contribution in [0.4, 0.5) is 4.39 Å². The first kappa shape index (κ1) is 40.6. The first-order valence-electron chi connectivity index (χ1n) is 16.0. The summed E-state index contributed by atoms with van der Waals surface area (Å²) in [5, 5.41) is 17.0. The summed E-state index contributed by atoms with van der Waals surface area (Å²) in [6.45, 7) is 12.5. The van der Waals surface area contributed by atoms with Gasteiger partial charge in [-0.1, -0.05) is 71.7 Å². The third-order valence-electron chi connectivity index (χ3n) is 6.87. The molecule has 0 saturated heterocycles. The van der Waals surface area contributed by atoms with Crippen LogP contribution in [0.25, 0.3) is 0 Å². The Balaban J connectivity index is 0.000000270. The first-order valence-corrected chi connectivity index (χ1v) is 16.7. The second-order valence-corrected chi connectivity index (χ2v) is 13.9. The lowest BCUT2D eigenvalue weighted by atomic mass is 10.1. The summed E-state index contributed by atoms with van der Waals surface area (Å²) in [6.07, 6.45) is 2.92. The van der Waals surface area contributed by atoms with Crippen molar-refractivity contribution in [2.75, 3.05) is 26.5 Å². The summed E-state index contributed by atoms with van der Waals surface area (Å²) in [6, 6.07) is 15.2. The standard InChI is InChI=1S/C18H22ClFN2O3.C18H23ClN2O4/c1-18(2,3)22-17(23)16(19)15(10-21-22)25-12-14-6-4-13(5-7-14)11-24-9-8-20;1-18(2,3)21-17(23)16(19)15(10-20-21)25-12-14-6-4-13(5-7-14)11-24-9-8-22/h4-7,10H,8-9,11-12H2,1-3H3;4-7,10,22H,8-9,11-12H2,1-3H3. The van der Waals surface area contributed by atoms with E-state index in [4.69, 9.17) is 47.3 Å². The predicted octanol–water partition coefficient (Wildman–Crippen LogP) is 6.46. The van der Waals surface area contributed by atoms with Gasteiger partial charge >= 0.3 is 0 Å². The van der Waals surface area contributed by atoms with E-state index in [1.165, 1.54) is 21.8 Å². The van der Waals surface area contributed by atoms with Gasteiger partial charge in [-0.3, -0.25) is 9.59 Å². The minimum atomic E-state index is -0.491. The highest BCUT2D eigenvalue weighted by atomic mass is 35.5. The fraction of sp³-hybridized carbons (Fsp3) is 0.444. The van der Waals surface area contributed by atoms with Gasteiger partial charge in [0.1, 0.15) is 19.9 Å². The molecule has 2 aromatic heterocycles. The van der Waals surface area contributed by atoms with E-state index < -0.39 is 17.8 Å². The third-order valence-corrected chi connectivity index (χ3v) is 7.57. The number of benzene rings is 2. The lowest BCUT2D eigenvalue weighted by molar-refractivity contribution is 0.0815. The van der Waals surface area contributed by atoms with Crippen molar-refractivity contribution in [2.24, 2.45) is 0 Å². The number of rotatable bonds is 14. The van der Waals surface area contributed by atoms with Crippen LogP contribution in [0.1, 0.15) is 63.8 Å². The number of hydrogen-bond donors (Lipinski definition) is 1. The first-order chi connectivity index (χ1) is 23.6. The number of aromatic nitrogens is 4. The molecule has 1 N–H and O–H groups in total. The second kappa shape index (κ2) is 19.0. The molecule has 0 aliphatic carbocycles. The number of halogens is 3. The lowest BCUT2D eigenvalue weighted by Crippen LogP contribution is -2.36. The average molecular weight is 736 g/mol. The van der Waals surface area contributed by atoms with Crippen molar-refractivity contribution in [1.82, 2.24) is 19.6 Å². The summed E-state index contributed by atoms with van der Waals surface area (Å²) in [4.78, 5) is 24.5. The topological polar surface area (TPSA) is 127 Å². The average Bonchev–Trinajstić information content (AvgIpc) is 3.06. The Bertz CT molecular complexity index is 1640. The van der Waals surface area contributed by atoms with Crippen LogP contribution in [0.3, 0.4) is 0 Å². The molecule has 0 atom stereocenters. The zero-order chi connectivity index (χ0) is 36.9. The van der Waals surface area contributed by atoms with Crippen LogP contribution in [-0.2, 0) is 47.0 Å². The van der Waals surface area contributed by atoms with E-state index in [1.54, 1.807) is 0 Å².